The van der Waals surface area contributed by atoms with Crippen LogP contribution in [0.15, 0.2) is 22.7 Å². The van der Waals surface area contributed by atoms with Gasteiger partial charge in [0.25, 0.3) is 5.89 Å². The second kappa shape index (κ2) is 7.90. The Hall–Kier alpha value is -2.03. The van der Waals surface area contributed by atoms with Crippen LogP contribution in [0.25, 0.3) is 17.3 Å². The third-order valence-corrected chi connectivity index (χ3v) is 3.98. The van der Waals surface area contributed by atoms with E-state index in [1.54, 1.807) is 10.7 Å². The first-order chi connectivity index (χ1) is 11.5. The molecule has 134 valence electrons. The molecule has 1 atom stereocenters. The molecule has 0 bridgehead atoms. The highest BCUT2D eigenvalue weighted by atomic mass is 35.5. The SMILES string of the molecule is CNC(C)Cc1noc(-c2nnn(-c3ccc(F)c(Cl)c3)c2C)n1.Cl. The Bertz CT molecular complexity index is 866. The van der Waals surface area contributed by atoms with Crippen LogP contribution in [0.4, 0.5) is 4.39 Å². The Labute approximate surface area is 155 Å². The molecule has 10 heteroatoms. The van der Waals surface area contributed by atoms with E-state index in [4.69, 9.17) is 16.1 Å². The molecule has 1 aromatic carbocycles. The van der Waals surface area contributed by atoms with Crippen molar-refractivity contribution in [3.8, 4) is 17.3 Å². The van der Waals surface area contributed by atoms with E-state index >= 15 is 0 Å². The molecule has 0 amide bonds. The van der Waals surface area contributed by atoms with Crippen LogP contribution in [0, 0.1) is 12.7 Å². The fourth-order valence-electron chi connectivity index (χ4n) is 2.20. The topological polar surface area (TPSA) is 81.7 Å². The van der Waals surface area contributed by atoms with Crippen molar-refractivity contribution in [2.75, 3.05) is 7.05 Å². The molecule has 0 fully saturated rings. The van der Waals surface area contributed by atoms with Crippen molar-refractivity contribution in [3.63, 3.8) is 0 Å². The smallest absolute Gasteiger partial charge is 0.280 e. The molecule has 7 nitrogen and oxygen atoms in total. The van der Waals surface area contributed by atoms with Crippen molar-refractivity contribution in [2.24, 2.45) is 0 Å². The maximum atomic E-state index is 13.3. The minimum absolute atomic E-state index is 0. The van der Waals surface area contributed by atoms with Gasteiger partial charge in [0.05, 0.1) is 16.4 Å². The van der Waals surface area contributed by atoms with Gasteiger partial charge in [-0.2, -0.15) is 4.98 Å². The van der Waals surface area contributed by atoms with Crippen LogP contribution in [0.5, 0.6) is 0 Å². The zero-order chi connectivity index (χ0) is 17.3. The van der Waals surface area contributed by atoms with Gasteiger partial charge in [-0.3, -0.25) is 0 Å². The maximum Gasteiger partial charge on any atom is 0.280 e. The molecular weight excluding hydrogens is 370 g/mol. The van der Waals surface area contributed by atoms with Gasteiger partial charge in [0.2, 0.25) is 0 Å². The number of aromatic nitrogens is 5. The maximum absolute atomic E-state index is 13.3. The van der Waals surface area contributed by atoms with Gasteiger partial charge >= 0.3 is 0 Å². The molecular formula is C15H17Cl2FN6O. The van der Waals surface area contributed by atoms with Crippen molar-refractivity contribution in [1.82, 2.24) is 30.5 Å². The van der Waals surface area contributed by atoms with Crippen LogP contribution in [0.3, 0.4) is 0 Å². The first-order valence-electron chi connectivity index (χ1n) is 7.37. The van der Waals surface area contributed by atoms with Crippen LogP contribution >= 0.6 is 24.0 Å². The van der Waals surface area contributed by atoms with Crippen molar-refractivity contribution >= 4 is 24.0 Å². The number of nitrogens with one attached hydrogen (secondary N) is 1. The quantitative estimate of drug-likeness (QED) is 0.725. The van der Waals surface area contributed by atoms with E-state index in [-0.39, 0.29) is 23.5 Å². The van der Waals surface area contributed by atoms with E-state index in [1.165, 1.54) is 12.1 Å². The fourth-order valence-corrected chi connectivity index (χ4v) is 2.37. The van der Waals surface area contributed by atoms with Gasteiger partial charge in [0.15, 0.2) is 11.5 Å². The van der Waals surface area contributed by atoms with Crippen LogP contribution in [-0.2, 0) is 6.42 Å². The molecule has 0 aliphatic rings. The lowest BCUT2D eigenvalue weighted by Gasteiger charge is -2.04. The molecule has 1 unspecified atom stereocenters. The molecule has 2 aromatic heterocycles. The van der Waals surface area contributed by atoms with Crippen LogP contribution in [0.2, 0.25) is 5.02 Å². The lowest BCUT2D eigenvalue weighted by atomic mass is 10.2. The normalized spacial score (nSPS) is 12.0. The Morgan fingerprint density at radius 1 is 1.40 bits per heavy atom. The van der Waals surface area contributed by atoms with Crippen LogP contribution in [-0.4, -0.2) is 38.2 Å². The number of benzene rings is 1. The molecule has 3 aromatic rings. The fraction of sp³-hybridized carbons (Fsp3) is 0.333. The zero-order valence-electron chi connectivity index (χ0n) is 13.8. The molecule has 0 aliphatic heterocycles. The number of nitrogens with zero attached hydrogens (tertiary/aromatic N) is 5. The summed E-state index contributed by atoms with van der Waals surface area (Å²) in [6.07, 6.45) is 0.640. The minimum atomic E-state index is -0.487. The number of rotatable bonds is 5. The summed E-state index contributed by atoms with van der Waals surface area (Å²) in [6, 6.07) is 4.56. The molecule has 1 N–H and O–H groups in total. The first-order valence-corrected chi connectivity index (χ1v) is 7.75. The van der Waals surface area contributed by atoms with E-state index in [2.05, 4.69) is 25.8 Å². The van der Waals surface area contributed by atoms with Gasteiger partial charge in [-0.15, -0.1) is 17.5 Å². The van der Waals surface area contributed by atoms with Gasteiger partial charge < -0.3 is 9.84 Å². The Kier molecular flexibility index (Phi) is 6.10. The molecule has 25 heavy (non-hydrogen) atoms. The highest BCUT2D eigenvalue weighted by Gasteiger charge is 2.19. The highest BCUT2D eigenvalue weighted by molar-refractivity contribution is 6.30. The van der Waals surface area contributed by atoms with Crippen LogP contribution < -0.4 is 5.32 Å². The van der Waals surface area contributed by atoms with Crippen molar-refractivity contribution < 1.29 is 8.91 Å². The van der Waals surface area contributed by atoms with Crippen molar-refractivity contribution in [2.45, 2.75) is 26.3 Å². The average Bonchev–Trinajstić information content (AvgIpc) is 3.16. The molecule has 3 rings (SSSR count). The summed E-state index contributed by atoms with van der Waals surface area (Å²) in [7, 11) is 1.87. The van der Waals surface area contributed by atoms with Gasteiger partial charge in [0, 0.05) is 12.5 Å². The summed E-state index contributed by atoms with van der Waals surface area (Å²) in [6.45, 7) is 3.84. The summed E-state index contributed by atoms with van der Waals surface area (Å²) in [5.41, 5.74) is 1.77. The predicted octanol–water partition coefficient (Wildman–Crippen LogP) is 2.99. The van der Waals surface area contributed by atoms with E-state index in [9.17, 15) is 4.39 Å². The Balaban J connectivity index is 0.00000225. The molecule has 0 saturated heterocycles. The lowest BCUT2D eigenvalue weighted by Crippen LogP contribution is -2.24. The van der Waals surface area contributed by atoms with Gasteiger partial charge in [-0.05, 0) is 39.1 Å². The number of hydrogen-bond donors (Lipinski definition) is 1. The largest absolute Gasteiger partial charge is 0.332 e. The molecule has 0 aliphatic carbocycles. The van der Waals surface area contributed by atoms with Gasteiger partial charge in [0.1, 0.15) is 5.82 Å². The van der Waals surface area contributed by atoms with Crippen molar-refractivity contribution in [1.29, 1.82) is 0 Å². The predicted molar refractivity (Wildman–Crippen MR) is 93.8 cm³/mol. The van der Waals surface area contributed by atoms with E-state index in [0.717, 1.165) is 0 Å². The summed E-state index contributed by atoms with van der Waals surface area (Å²) in [5.74, 6) is 0.398. The zero-order valence-corrected chi connectivity index (χ0v) is 15.4. The highest BCUT2D eigenvalue weighted by Crippen LogP contribution is 2.24. The number of hydrogen-bond acceptors (Lipinski definition) is 6. The third-order valence-electron chi connectivity index (χ3n) is 3.69. The summed E-state index contributed by atoms with van der Waals surface area (Å²) >= 11 is 5.82. The number of likely N-dealkylation sites (N-methyl/N-ethyl adjacent to an activating group) is 1. The van der Waals surface area contributed by atoms with Gasteiger partial charge in [-0.25, -0.2) is 9.07 Å². The van der Waals surface area contributed by atoms with Crippen LogP contribution in [0.1, 0.15) is 18.4 Å². The first kappa shape index (κ1) is 19.3. The van der Waals surface area contributed by atoms with E-state index in [1.807, 2.05) is 20.9 Å². The van der Waals surface area contributed by atoms with Crippen molar-refractivity contribution in [3.05, 3.63) is 40.6 Å². The summed E-state index contributed by atoms with van der Waals surface area (Å²) < 4.78 is 20.1. The van der Waals surface area contributed by atoms with Gasteiger partial charge in [-0.1, -0.05) is 22.0 Å². The van der Waals surface area contributed by atoms with E-state index in [0.29, 0.717) is 35.2 Å². The monoisotopic (exact) mass is 386 g/mol. The number of halogens is 3. The summed E-state index contributed by atoms with van der Waals surface area (Å²) in [5, 5.41) is 15.2. The third kappa shape index (κ3) is 3.97. The summed E-state index contributed by atoms with van der Waals surface area (Å²) in [4.78, 5) is 4.35. The Morgan fingerprint density at radius 3 is 2.84 bits per heavy atom. The lowest BCUT2D eigenvalue weighted by molar-refractivity contribution is 0.417. The molecule has 0 saturated carbocycles. The second-order valence-electron chi connectivity index (χ2n) is 5.44. The molecule has 0 radical (unpaired) electrons. The molecule has 2 heterocycles. The average molecular weight is 387 g/mol. The standard InChI is InChI=1S/C15H16ClFN6O.ClH/c1-8(18-3)6-13-19-15(24-21-13)14-9(2)23(22-20-14)10-4-5-12(17)11(16)7-10;/h4-5,7-8,18H,6H2,1-3H3;1H. The minimum Gasteiger partial charge on any atom is -0.332 e. The van der Waals surface area contributed by atoms with E-state index < -0.39 is 5.82 Å². The molecule has 0 spiro atoms. The Morgan fingerprint density at radius 2 is 2.16 bits per heavy atom. The second-order valence-corrected chi connectivity index (χ2v) is 5.85.